The first kappa shape index (κ1) is 28.4. The summed E-state index contributed by atoms with van der Waals surface area (Å²) in [4.78, 5) is 7.49. The van der Waals surface area contributed by atoms with Crippen molar-refractivity contribution in [2.45, 2.75) is 43.6 Å². The van der Waals surface area contributed by atoms with Crippen molar-refractivity contribution in [3.63, 3.8) is 0 Å². The molecule has 222 valence electrons. The number of aromatic nitrogens is 5. The first-order valence-electron chi connectivity index (χ1n) is 15.4. The molecule has 0 amide bonds. The van der Waals surface area contributed by atoms with Crippen molar-refractivity contribution < 1.29 is 9.42 Å². The third-order valence-corrected chi connectivity index (χ3v) is 9.32. The Bertz CT molecular complexity index is 1710. The van der Waals surface area contributed by atoms with Gasteiger partial charge in [-0.05, 0) is 66.1 Å². The fraction of sp³-hybridized carbons (Fsp3) is 0.278. The van der Waals surface area contributed by atoms with Crippen LogP contribution in [0.2, 0.25) is 5.02 Å². The van der Waals surface area contributed by atoms with Gasteiger partial charge < -0.3 is 9.64 Å². The number of likely N-dealkylation sites (tertiary alicyclic amines) is 1. The van der Waals surface area contributed by atoms with Crippen LogP contribution < -0.4 is 4.68 Å². The molecule has 1 N–H and O–H groups in total. The first-order valence-corrected chi connectivity index (χ1v) is 15.7. The summed E-state index contributed by atoms with van der Waals surface area (Å²) in [5.41, 5.74) is 9.02. The van der Waals surface area contributed by atoms with Gasteiger partial charge in [0.15, 0.2) is 5.21 Å². The minimum Gasteiger partial charge on any atom is -0.373 e. The third-order valence-electron chi connectivity index (χ3n) is 9.09. The Hall–Kier alpha value is -4.33. The maximum Gasteiger partial charge on any atom is 0.293 e. The zero-order valence-corrected chi connectivity index (χ0v) is 25.4. The Kier molecular flexibility index (Phi) is 8.22. The lowest BCUT2D eigenvalue weighted by atomic mass is 9.83. The van der Waals surface area contributed by atoms with Gasteiger partial charge in [0.1, 0.15) is 10.8 Å². The number of piperidine rings is 1. The van der Waals surface area contributed by atoms with E-state index < -0.39 is 0 Å². The average molecular weight is 604 g/mol. The molecule has 0 saturated carbocycles. The molecule has 7 rings (SSSR count). The quantitative estimate of drug-likeness (QED) is 0.191. The SMILES string of the molecule is C=C(C1CCO1)N1CCC(c2cccc([C@H](Cc3ccccc3)c3ccc(-c4cc(Cl)ccc4-[n+]4cnn[nH]4)cn3)c2)CC1. The van der Waals surface area contributed by atoms with Gasteiger partial charge in [-0.25, -0.2) is 0 Å². The topological polar surface area (TPSA) is 70.8 Å². The Morgan fingerprint density at radius 2 is 1.84 bits per heavy atom. The summed E-state index contributed by atoms with van der Waals surface area (Å²) >= 11 is 6.42. The Labute approximate surface area is 263 Å². The molecule has 2 atom stereocenters. The highest BCUT2D eigenvalue weighted by Crippen LogP contribution is 2.36. The molecule has 2 fully saturated rings. The van der Waals surface area contributed by atoms with E-state index in [2.05, 4.69) is 93.7 Å². The molecule has 2 aromatic heterocycles. The van der Waals surface area contributed by atoms with E-state index in [-0.39, 0.29) is 12.0 Å². The predicted molar refractivity (Wildman–Crippen MR) is 172 cm³/mol. The van der Waals surface area contributed by atoms with Gasteiger partial charge in [0.25, 0.3) is 6.33 Å². The molecule has 4 heterocycles. The summed E-state index contributed by atoms with van der Waals surface area (Å²) in [7, 11) is 0. The average Bonchev–Trinajstić information content (AvgIpc) is 3.59. The molecule has 5 aromatic rings. The molecule has 8 heteroatoms. The molecule has 3 aromatic carbocycles. The highest BCUT2D eigenvalue weighted by Gasteiger charge is 2.29. The van der Waals surface area contributed by atoms with Crippen molar-refractivity contribution in [3.8, 4) is 16.8 Å². The van der Waals surface area contributed by atoms with Gasteiger partial charge >= 0.3 is 0 Å². The number of benzene rings is 3. The number of nitrogens with one attached hydrogen (secondary N) is 1. The number of H-pyrrole nitrogens is 1. The molecule has 0 aliphatic carbocycles. The Morgan fingerprint density at radius 1 is 1.00 bits per heavy atom. The summed E-state index contributed by atoms with van der Waals surface area (Å²) in [6, 6.07) is 30.0. The van der Waals surface area contributed by atoms with Gasteiger partial charge in [-0.15, -0.1) is 4.68 Å². The molecule has 2 aliphatic rings. The van der Waals surface area contributed by atoms with Crippen molar-refractivity contribution in [2.24, 2.45) is 0 Å². The molecular weight excluding hydrogens is 568 g/mol. The van der Waals surface area contributed by atoms with Crippen LogP contribution >= 0.6 is 11.6 Å². The van der Waals surface area contributed by atoms with Crippen LogP contribution in [0.25, 0.3) is 16.8 Å². The largest absolute Gasteiger partial charge is 0.373 e. The number of nitrogens with zero attached hydrogens (tertiary/aromatic N) is 5. The maximum absolute atomic E-state index is 6.42. The van der Waals surface area contributed by atoms with E-state index in [1.165, 1.54) is 16.7 Å². The normalized spacial score (nSPS) is 17.7. The van der Waals surface area contributed by atoms with Crippen LogP contribution in [0, 0.1) is 0 Å². The predicted octanol–water partition coefficient (Wildman–Crippen LogP) is 6.65. The van der Waals surface area contributed by atoms with Crippen LogP contribution in [0.15, 0.2) is 110 Å². The van der Waals surface area contributed by atoms with E-state index in [0.29, 0.717) is 10.9 Å². The molecule has 44 heavy (non-hydrogen) atoms. The van der Waals surface area contributed by atoms with Crippen molar-refractivity contribution in [1.29, 1.82) is 0 Å². The highest BCUT2D eigenvalue weighted by atomic mass is 35.5. The summed E-state index contributed by atoms with van der Waals surface area (Å²) < 4.78 is 7.46. The number of hydrogen-bond donors (Lipinski definition) is 1. The van der Waals surface area contributed by atoms with Gasteiger partial charge in [-0.1, -0.05) is 84.1 Å². The number of aromatic amines is 1. The van der Waals surface area contributed by atoms with E-state index in [1.54, 1.807) is 11.0 Å². The van der Waals surface area contributed by atoms with Gasteiger partial charge in [0, 0.05) is 59.2 Å². The fourth-order valence-corrected chi connectivity index (χ4v) is 6.66. The summed E-state index contributed by atoms with van der Waals surface area (Å²) in [6.45, 7) is 7.26. The van der Waals surface area contributed by atoms with E-state index in [4.69, 9.17) is 21.3 Å². The number of halogens is 1. The van der Waals surface area contributed by atoms with E-state index in [1.807, 2.05) is 24.4 Å². The van der Waals surface area contributed by atoms with Crippen LogP contribution in [-0.4, -0.2) is 51.2 Å². The molecule has 1 unspecified atom stereocenters. The van der Waals surface area contributed by atoms with Crippen molar-refractivity contribution in [2.75, 3.05) is 19.7 Å². The number of rotatable bonds is 9. The minimum absolute atomic E-state index is 0.118. The third kappa shape index (κ3) is 6.03. The summed E-state index contributed by atoms with van der Waals surface area (Å²) in [5, 5.41) is 11.3. The number of pyridine rings is 1. The molecule has 0 radical (unpaired) electrons. The van der Waals surface area contributed by atoms with Crippen molar-refractivity contribution >= 4 is 11.6 Å². The zero-order valence-electron chi connectivity index (χ0n) is 24.6. The monoisotopic (exact) mass is 603 g/mol. The molecule has 7 nitrogen and oxygen atoms in total. The van der Waals surface area contributed by atoms with E-state index in [0.717, 1.165) is 73.6 Å². The smallest absolute Gasteiger partial charge is 0.293 e. The van der Waals surface area contributed by atoms with Gasteiger partial charge in [-0.3, -0.25) is 4.98 Å². The standard InChI is InChI=1S/C36H35ClN6O/c1-25(36-16-19-44-36)42-17-14-27(15-18-42)28-8-5-9-29(21-28)32(20-26-6-3-2-4-7-26)34-12-10-30(23-38-34)33-22-31(37)11-13-35(33)43-24-39-40-41-43/h2-13,21-24,27,32,36H,1,14-20H2/p+1/t32-,36?/m0/s1. The summed E-state index contributed by atoms with van der Waals surface area (Å²) in [5.74, 6) is 0.650. The second-order valence-corrected chi connectivity index (χ2v) is 12.2. The van der Waals surface area contributed by atoms with Crippen molar-refractivity contribution in [1.82, 2.24) is 25.4 Å². The van der Waals surface area contributed by atoms with Crippen LogP contribution in [0.4, 0.5) is 0 Å². The highest BCUT2D eigenvalue weighted by molar-refractivity contribution is 6.31. The molecular formula is C36H36ClN6O+. The van der Waals surface area contributed by atoms with Gasteiger partial charge in [0.05, 0.1) is 12.7 Å². The second kappa shape index (κ2) is 12.7. The van der Waals surface area contributed by atoms with Crippen LogP contribution in [-0.2, 0) is 11.2 Å². The Balaban J connectivity index is 1.16. The lowest BCUT2D eigenvalue weighted by molar-refractivity contribution is -0.659. The molecule has 0 bridgehead atoms. The van der Waals surface area contributed by atoms with Crippen LogP contribution in [0.1, 0.15) is 53.5 Å². The number of ether oxygens (including phenoxy) is 1. The van der Waals surface area contributed by atoms with Gasteiger partial charge in [-0.2, -0.15) is 0 Å². The molecule has 2 aliphatic heterocycles. The molecule has 2 saturated heterocycles. The van der Waals surface area contributed by atoms with Crippen LogP contribution in [0.5, 0.6) is 0 Å². The minimum atomic E-state index is 0.118. The van der Waals surface area contributed by atoms with E-state index >= 15 is 0 Å². The van der Waals surface area contributed by atoms with Gasteiger partial charge in [0.2, 0.25) is 0 Å². The lowest BCUT2D eigenvalue weighted by Gasteiger charge is -2.40. The van der Waals surface area contributed by atoms with Crippen LogP contribution in [0.3, 0.4) is 0 Å². The lowest BCUT2D eigenvalue weighted by Crippen LogP contribution is -2.40. The fourth-order valence-electron chi connectivity index (χ4n) is 6.49. The summed E-state index contributed by atoms with van der Waals surface area (Å²) in [6.07, 6.45) is 8.02. The zero-order chi connectivity index (χ0) is 29.9. The van der Waals surface area contributed by atoms with Crippen molar-refractivity contribution in [3.05, 3.63) is 137 Å². The Morgan fingerprint density at radius 3 is 2.55 bits per heavy atom. The molecule has 0 spiro atoms. The second-order valence-electron chi connectivity index (χ2n) is 11.7. The number of tetrazole rings is 1. The first-order chi connectivity index (χ1) is 21.6. The maximum atomic E-state index is 6.42. The number of hydrogen-bond acceptors (Lipinski definition) is 5. The van der Waals surface area contributed by atoms with E-state index in [9.17, 15) is 0 Å².